The van der Waals surface area contributed by atoms with Gasteiger partial charge in [-0.3, -0.25) is 0 Å². The molecule has 0 aromatic rings. The van der Waals surface area contributed by atoms with Crippen molar-refractivity contribution in [1.29, 1.82) is 0 Å². The summed E-state index contributed by atoms with van der Waals surface area (Å²) in [5.41, 5.74) is 1.67. The first-order valence-electron chi connectivity index (χ1n) is 4.16. The molecule has 1 saturated heterocycles. The van der Waals surface area contributed by atoms with Crippen molar-refractivity contribution in [3.8, 4) is 0 Å². The van der Waals surface area contributed by atoms with Crippen LogP contribution in [0, 0.1) is 0 Å². The summed E-state index contributed by atoms with van der Waals surface area (Å²) in [5.74, 6) is 0. The fourth-order valence-corrected chi connectivity index (χ4v) is 5.81. The highest BCUT2D eigenvalue weighted by Gasteiger charge is 2.32. The van der Waals surface area contributed by atoms with E-state index in [9.17, 15) is 0 Å². The Kier molecular flexibility index (Phi) is 2.58. The van der Waals surface area contributed by atoms with Crippen LogP contribution in [0.25, 0.3) is 0 Å². The highest BCUT2D eigenvalue weighted by Crippen LogP contribution is 2.61. The van der Waals surface area contributed by atoms with E-state index in [0.29, 0.717) is 0 Å². The van der Waals surface area contributed by atoms with E-state index in [1.165, 1.54) is 19.0 Å². The van der Waals surface area contributed by atoms with Crippen LogP contribution in [0.3, 0.4) is 0 Å². The smallest absolute Gasteiger partial charge is 0.0144 e. The second-order valence-corrected chi connectivity index (χ2v) is 9.77. The van der Waals surface area contributed by atoms with Crippen molar-refractivity contribution in [2.24, 2.45) is 0 Å². The van der Waals surface area contributed by atoms with Crippen LogP contribution in [0.5, 0.6) is 0 Å². The van der Waals surface area contributed by atoms with Gasteiger partial charge in [0.25, 0.3) is 0 Å². The summed E-state index contributed by atoms with van der Waals surface area (Å²) in [7, 11) is 0. The second-order valence-electron chi connectivity index (χ2n) is 3.66. The molecular formula is C8H17PS. The third-order valence-corrected chi connectivity index (χ3v) is 10.2. The Morgan fingerprint density at radius 3 is 2.30 bits per heavy atom. The highest BCUT2D eigenvalue weighted by molar-refractivity contribution is 8.15. The lowest BCUT2D eigenvalue weighted by Crippen LogP contribution is -2.05. The molecule has 1 aliphatic rings. The van der Waals surface area contributed by atoms with E-state index in [2.05, 4.69) is 20.8 Å². The van der Waals surface area contributed by atoms with Gasteiger partial charge in [-0.25, -0.2) is 0 Å². The SMILES string of the molecule is CC(C)P1(=S)CCCC1C. The molecular weight excluding hydrogens is 159 g/mol. The van der Waals surface area contributed by atoms with Crippen LogP contribution in [0.1, 0.15) is 33.6 Å². The summed E-state index contributed by atoms with van der Waals surface area (Å²) in [6.07, 6.45) is 4.17. The lowest BCUT2D eigenvalue weighted by atomic mass is 10.3. The minimum atomic E-state index is -0.900. The van der Waals surface area contributed by atoms with E-state index in [0.717, 1.165) is 11.3 Å². The molecule has 2 heteroatoms. The summed E-state index contributed by atoms with van der Waals surface area (Å²) in [4.78, 5) is 0. The van der Waals surface area contributed by atoms with Gasteiger partial charge < -0.3 is 0 Å². The first-order valence-corrected chi connectivity index (χ1v) is 7.28. The van der Waals surface area contributed by atoms with Gasteiger partial charge in [-0.05, 0) is 36.4 Å². The van der Waals surface area contributed by atoms with Gasteiger partial charge in [-0.15, -0.1) is 0 Å². The maximum absolute atomic E-state index is 5.72. The van der Waals surface area contributed by atoms with Crippen LogP contribution in [-0.2, 0) is 11.8 Å². The molecule has 0 aliphatic carbocycles. The average molecular weight is 176 g/mol. The third-order valence-electron chi connectivity index (χ3n) is 2.75. The molecule has 0 aromatic carbocycles. The molecule has 1 heterocycles. The molecule has 0 aromatic heterocycles. The fourth-order valence-electron chi connectivity index (χ4n) is 1.84. The van der Waals surface area contributed by atoms with E-state index < -0.39 is 6.04 Å². The predicted molar refractivity (Wildman–Crippen MR) is 53.0 cm³/mol. The van der Waals surface area contributed by atoms with E-state index in [-0.39, 0.29) is 0 Å². The zero-order valence-electron chi connectivity index (χ0n) is 7.13. The average Bonchev–Trinajstić information content (AvgIpc) is 2.15. The zero-order valence-corrected chi connectivity index (χ0v) is 8.84. The molecule has 0 saturated carbocycles. The van der Waals surface area contributed by atoms with E-state index >= 15 is 0 Å². The standard InChI is InChI=1S/C8H17PS/c1-7(2)9(10)6-4-5-8(9)3/h7-8H,4-6H2,1-3H3. The van der Waals surface area contributed by atoms with Gasteiger partial charge >= 0.3 is 0 Å². The van der Waals surface area contributed by atoms with Crippen molar-refractivity contribution in [2.75, 3.05) is 6.16 Å². The summed E-state index contributed by atoms with van der Waals surface area (Å²) >= 11 is 5.72. The Bertz CT molecular complexity index is 163. The Morgan fingerprint density at radius 1 is 1.50 bits per heavy atom. The van der Waals surface area contributed by atoms with Gasteiger partial charge in [-0.1, -0.05) is 32.6 Å². The molecule has 0 nitrogen and oxygen atoms in total. The minimum absolute atomic E-state index is 0.792. The number of hydrogen-bond acceptors (Lipinski definition) is 1. The molecule has 2 unspecified atom stereocenters. The van der Waals surface area contributed by atoms with Crippen molar-refractivity contribution in [3.63, 3.8) is 0 Å². The van der Waals surface area contributed by atoms with Gasteiger partial charge in [0.05, 0.1) is 0 Å². The van der Waals surface area contributed by atoms with E-state index in [4.69, 9.17) is 11.8 Å². The van der Waals surface area contributed by atoms with Crippen LogP contribution in [0.15, 0.2) is 0 Å². The van der Waals surface area contributed by atoms with Crippen molar-refractivity contribution < 1.29 is 0 Å². The van der Waals surface area contributed by atoms with Gasteiger partial charge in [0, 0.05) is 0 Å². The van der Waals surface area contributed by atoms with E-state index in [1.807, 2.05) is 0 Å². The molecule has 2 atom stereocenters. The Hall–Kier alpha value is 0.650. The fraction of sp³-hybridized carbons (Fsp3) is 1.00. The molecule has 10 heavy (non-hydrogen) atoms. The molecule has 1 aliphatic heterocycles. The van der Waals surface area contributed by atoms with Gasteiger partial charge in [-0.2, -0.15) is 0 Å². The van der Waals surface area contributed by atoms with Crippen LogP contribution < -0.4 is 0 Å². The quantitative estimate of drug-likeness (QED) is 0.553. The van der Waals surface area contributed by atoms with Crippen LogP contribution in [0.2, 0.25) is 0 Å². The Balaban J connectivity index is 2.76. The maximum atomic E-state index is 5.72. The van der Waals surface area contributed by atoms with Crippen molar-refractivity contribution >= 4 is 17.8 Å². The Labute approximate surface area is 69.4 Å². The number of rotatable bonds is 1. The van der Waals surface area contributed by atoms with Gasteiger partial charge in [0.1, 0.15) is 0 Å². The molecule has 1 rings (SSSR count). The summed E-state index contributed by atoms with van der Waals surface area (Å²) in [5, 5.41) is 0. The van der Waals surface area contributed by atoms with Gasteiger partial charge in [0.15, 0.2) is 0 Å². The molecule has 1 fully saturated rings. The molecule has 60 valence electrons. The topological polar surface area (TPSA) is 0 Å². The van der Waals surface area contributed by atoms with Crippen LogP contribution in [-0.4, -0.2) is 17.5 Å². The molecule has 0 N–H and O–H groups in total. The summed E-state index contributed by atoms with van der Waals surface area (Å²) in [6, 6.07) is -0.900. The minimum Gasteiger partial charge on any atom is -0.0969 e. The zero-order chi connectivity index (χ0) is 7.78. The monoisotopic (exact) mass is 176 g/mol. The normalized spacial score (nSPS) is 41.0. The van der Waals surface area contributed by atoms with Crippen molar-refractivity contribution in [3.05, 3.63) is 0 Å². The predicted octanol–water partition coefficient (Wildman–Crippen LogP) is 3.06. The van der Waals surface area contributed by atoms with Crippen LogP contribution in [0.4, 0.5) is 0 Å². The molecule has 0 radical (unpaired) electrons. The Morgan fingerprint density at radius 2 is 2.10 bits per heavy atom. The van der Waals surface area contributed by atoms with Crippen molar-refractivity contribution in [2.45, 2.75) is 44.9 Å². The third kappa shape index (κ3) is 1.31. The first kappa shape index (κ1) is 8.74. The second kappa shape index (κ2) is 2.95. The first-order chi connectivity index (χ1) is 4.57. The largest absolute Gasteiger partial charge is 0.0969 e. The van der Waals surface area contributed by atoms with Crippen molar-refractivity contribution in [1.82, 2.24) is 0 Å². The molecule has 0 amide bonds. The maximum Gasteiger partial charge on any atom is -0.0144 e. The lowest BCUT2D eigenvalue weighted by Gasteiger charge is -2.25. The summed E-state index contributed by atoms with van der Waals surface area (Å²) < 4.78 is 0. The van der Waals surface area contributed by atoms with E-state index in [1.54, 1.807) is 0 Å². The highest BCUT2D eigenvalue weighted by atomic mass is 32.4. The lowest BCUT2D eigenvalue weighted by molar-refractivity contribution is 0.833. The number of hydrogen-bond donors (Lipinski definition) is 0. The van der Waals surface area contributed by atoms with Gasteiger partial charge in [0.2, 0.25) is 0 Å². The molecule has 0 spiro atoms. The van der Waals surface area contributed by atoms with Crippen LogP contribution >= 0.6 is 6.04 Å². The summed E-state index contributed by atoms with van der Waals surface area (Å²) in [6.45, 7) is 6.97. The molecule has 0 bridgehead atoms.